The van der Waals surface area contributed by atoms with E-state index >= 15 is 0 Å². The summed E-state index contributed by atoms with van der Waals surface area (Å²) in [7, 11) is 1.54. The van der Waals surface area contributed by atoms with Gasteiger partial charge in [-0.05, 0) is 6.92 Å². The van der Waals surface area contributed by atoms with Gasteiger partial charge in [0.2, 0.25) is 0 Å². The molecule has 1 saturated heterocycles. The quantitative estimate of drug-likeness (QED) is 0.574. The van der Waals surface area contributed by atoms with E-state index in [2.05, 4.69) is 0 Å². The maximum atomic E-state index is 9.16. The van der Waals surface area contributed by atoms with Crippen molar-refractivity contribution in [2.24, 2.45) is 0 Å². The van der Waals surface area contributed by atoms with Gasteiger partial charge in [0, 0.05) is 13.5 Å². The van der Waals surface area contributed by atoms with Gasteiger partial charge in [0.15, 0.2) is 6.29 Å². The van der Waals surface area contributed by atoms with E-state index < -0.39 is 18.5 Å². The molecule has 1 aliphatic rings. The lowest BCUT2D eigenvalue weighted by atomic mass is 10.1. The summed E-state index contributed by atoms with van der Waals surface area (Å²) in [5.41, 5.74) is 0. The summed E-state index contributed by atoms with van der Waals surface area (Å²) >= 11 is 0. The zero-order valence-corrected chi connectivity index (χ0v) is 6.73. The fraction of sp³-hybridized carbons (Fsp3) is 1.00. The van der Waals surface area contributed by atoms with Crippen molar-refractivity contribution in [2.75, 3.05) is 7.11 Å². The molecule has 4 heteroatoms. The van der Waals surface area contributed by atoms with Gasteiger partial charge in [-0.15, -0.1) is 0 Å². The van der Waals surface area contributed by atoms with Crippen LogP contribution in [0.15, 0.2) is 0 Å². The summed E-state index contributed by atoms with van der Waals surface area (Å²) in [5, 5.41) is 18.2. The Morgan fingerprint density at radius 3 is 2.64 bits per heavy atom. The van der Waals surface area contributed by atoms with E-state index in [1.54, 1.807) is 14.0 Å². The highest BCUT2D eigenvalue weighted by molar-refractivity contribution is 4.82. The van der Waals surface area contributed by atoms with Crippen LogP contribution in [0.3, 0.4) is 0 Å². The Bertz CT molecular complexity index is 126. The van der Waals surface area contributed by atoms with Crippen molar-refractivity contribution in [2.45, 2.75) is 37.9 Å². The van der Waals surface area contributed by atoms with Gasteiger partial charge >= 0.3 is 0 Å². The van der Waals surface area contributed by atoms with E-state index in [0.717, 1.165) is 0 Å². The number of methoxy groups -OCH3 is 1. The third-order valence-corrected chi connectivity index (χ3v) is 1.89. The number of rotatable bonds is 2. The van der Waals surface area contributed by atoms with Gasteiger partial charge in [-0.1, -0.05) is 0 Å². The molecule has 66 valence electrons. The van der Waals surface area contributed by atoms with Gasteiger partial charge in [-0.3, -0.25) is 0 Å². The molecule has 0 amide bonds. The molecule has 2 N–H and O–H groups in total. The van der Waals surface area contributed by atoms with E-state index in [0.29, 0.717) is 6.42 Å². The Kier molecular flexibility index (Phi) is 2.84. The fourth-order valence-corrected chi connectivity index (χ4v) is 1.31. The van der Waals surface area contributed by atoms with Gasteiger partial charge in [-0.25, -0.2) is 0 Å². The van der Waals surface area contributed by atoms with Crippen LogP contribution in [-0.2, 0) is 9.47 Å². The first-order valence-corrected chi connectivity index (χ1v) is 3.69. The second kappa shape index (κ2) is 3.49. The number of hydrogen-bond acceptors (Lipinski definition) is 4. The zero-order chi connectivity index (χ0) is 8.43. The predicted octanol–water partition coefficient (Wildman–Crippen LogP) is -0.510. The molecule has 0 aliphatic carbocycles. The highest BCUT2D eigenvalue weighted by atomic mass is 16.6. The SMILES string of the molecule is CO[C@H]1C[C@H](O)O[C@@H]1[C@@H](C)O. The molecule has 0 aromatic rings. The molecule has 11 heavy (non-hydrogen) atoms. The highest BCUT2D eigenvalue weighted by Gasteiger charge is 2.37. The summed E-state index contributed by atoms with van der Waals surface area (Å²) in [6.07, 6.45) is -1.54. The molecule has 1 heterocycles. The standard InChI is InChI=1S/C7H14O4/c1-4(8)7-5(10-2)3-6(9)11-7/h4-9H,3H2,1-2H3/t4-,5+,6-,7-/m1/s1. The maximum absolute atomic E-state index is 9.16. The number of hydrogen-bond donors (Lipinski definition) is 2. The first-order valence-electron chi connectivity index (χ1n) is 3.69. The monoisotopic (exact) mass is 162 g/mol. The van der Waals surface area contributed by atoms with E-state index in [1.165, 1.54) is 0 Å². The fourth-order valence-electron chi connectivity index (χ4n) is 1.31. The minimum absolute atomic E-state index is 0.190. The molecule has 0 saturated carbocycles. The molecular formula is C7H14O4. The maximum Gasteiger partial charge on any atom is 0.157 e. The lowest BCUT2D eigenvalue weighted by Gasteiger charge is -2.18. The van der Waals surface area contributed by atoms with Crippen molar-refractivity contribution in [1.82, 2.24) is 0 Å². The number of aliphatic hydroxyl groups is 2. The Hall–Kier alpha value is -0.160. The molecule has 4 atom stereocenters. The summed E-state index contributed by atoms with van der Waals surface area (Å²) in [6, 6.07) is 0. The van der Waals surface area contributed by atoms with E-state index in [-0.39, 0.29) is 6.10 Å². The van der Waals surface area contributed by atoms with Crippen LogP contribution in [0.4, 0.5) is 0 Å². The molecule has 0 aromatic heterocycles. The predicted molar refractivity (Wildman–Crippen MR) is 38.0 cm³/mol. The average Bonchev–Trinajstić information content (AvgIpc) is 2.30. The van der Waals surface area contributed by atoms with Crippen molar-refractivity contribution >= 4 is 0 Å². The highest BCUT2D eigenvalue weighted by Crippen LogP contribution is 2.23. The van der Waals surface area contributed by atoms with Crippen LogP contribution in [0.25, 0.3) is 0 Å². The van der Waals surface area contributed by atoms with Crippen molar-refractivity contribution in [3.05, 3.63) is 0 Å². The molecule has 0 unspecified atom stereocenters. The first kappa shape index (κ1) is 8.93. The molecule has 0 radical (unpaired) electrons. The smallest absolute Gasteiger partial charge is 0.157 e. The first-order chi connectivity index (χ1) is 5.15. The van der Waals surface area contributed by atoms with Gasteiger partial charge in [0.25, 0.3) is 0 Å². The van der Waals surface area contributed by atoms with Gasteiger partial charge in [0.05, 0.1) is 12.2 Å². The largest absolute Gasteiger partial charge is 0.391 e. The van der Waals surface area contributed by atoms with Crippen LogP contribution < -0.4 is 0 Å². The Morgan fingerprint density at radius 2 is 2.27 bits per heavy atom. The van der Waals surface area contributed by atoms with E-state index in [9.17, 15) is 0 Å². The number of ether oxygens (including phenoxy) is 2. The second-order valence-electron chi connectivity index (χ2n) is 2.81. The topological polar surface area (TPSA) is 58.9 Å². The lowest BCUT2D eigenvalue weighted by Crippen LogP contribution is -2.33. The van der Waals surface area contributed by atoms with Crippen molar-refractivity contribution in [1.29, 1.82) is 0 Å². The minimum Gasteiger partial charge on any atom is -0.391 e. The normalized spacial score (nSPS) is 40.9. The van der Waals surface area contributed by atoms with Crippen LogP contribution in [0.2, 0.25) is 0 Å². The molecule has 4 nitrogen and oxygen atoms in total. The van der Waals surface area contributed by atoms with E-state index in [4.69, 9.17) is 19.7 Å². The van der Waals surface area contributed by atoms with Crippen LogP contribution >= 0.6 is 0 Å². The van der Waals surface area contributed by atoms with E-state index in [1.807, 2.05) is 0 Å². The van der Waals surface area contributed by atoms with Gasteiger partial charge < -0.3 is 19.7 Å². The minimum atomic E-state index is -0.792. The summed E-state index contributed by atoms with van der Waals surface area (Å²) < 4.78 is 10.0. The Morgan fingerprint density at radius 1 is 1.64 bits per heavy atom. The summed E-state index contributed by atoms with van der Waals surface area (Å²) in [6.45, 7) is 1.62. The van der Waals surface area contributed by atoms with Crippen LogP contribution in [-0.4, -0.2) is 41.9 Å². The second-order valence-corrected chi connectivity index (χ2v) is 2.81. The van der Waals surface area contributed by atoms with Crippen LogP contribution in [0.5, 0.6) is 0 Å². The summed E-state index contributed by atoms with van der Waals surface area (Å²) in [5.74, 6) is 0. The molecule has 0 spiro atoms. The third kappa shape index (κ3) is 1.90. The number of aliphatic hydroxyl groups excluding tert-OH is 2. The Labute approximate surface area is 65.7 Å². The molecule has 0 bridgehead atoms. The van der Waals surface area contributed by atoms with Crippen LogP contribution in [0.1, 0.15) is 13.3 Å². The average molecular weight is 162 g/mol. The Balaban J connectivity index is 2.50. The third-order valence-electron chi connectivity index (χ3n) is 1.89. The van der Waals surface area contributed by atoms with Crippen molar-refractivity contribution in [3.63, 3.8) is 0 Å². The zero-order valence-electron chi connectivity index (χ0n) is 6.73. The lowest BCUT2D eigenvalue weighted by molar-refractivity contribution is -0.128. The molecular weight excluding hydrogens is 148 g/mol. The van der Waals surface area contributed by atoms with Gasteiger partial charge in [-0.2, -0.15) is 0 Å². The molecule has 1 rings (SSSR count). The molecule has 0 aromatic carbocycles. The van der Waals surface area contributed by atoms with Gasteiger partial charge in [0.1, 0.15) is 6.10 Å². The van der Waals surface area contributed by atoms with Crippen molar-refractivity contribution < 1.29 is 19.7 Å². The molecule has 1 fully saturated rings. The van der Waals surface area contributed by atoms with Crippen molar-refractivity contribution in [3.8, 4) is 0 Å². The molecule has 1 aliphatic heterocycles. The van der Waals surface area contributed by atoms with Crippen LogP contribution in [0, 0.1) is 0 Å². The summed E-state index contributed by atoms with van der Waals surface area (Å²) in [4.78, 5) is 0.